The van der Waals surface area contributed by atoms with Crippen molar-refractivity contribution in [3.05, 3.63) is 206 Å². The standard InChI is InChI=1S/C54H34N2S/c1-3-13-35(14-4-1)37-17-11-18-41(31-37)55-48-28-25-38(36-15-5-2-6-16-36)32-45(48)46-34-40(26-29-49(46)55)39-27-30-50-44(33-39)42-19-7-9-21-47(42)56(50)51-22-12-24-53-54(51)43-20-8-10-23-52(43)57-53/h1-34H/i7D,9D,19D,21D,27D,30D,33D. The van der Waals surface area contributed by atoms with Gasteiger partial charge in [0.05, 0.1) is 37.3 Å². The van der Waals surface area contributed by atoms with Crippen molar-refractivity contribution in [1.82, 2.24) is 9.13 Å². The van der Waals surface area contributed by atoms with Gasteiger partial charge in [-0.15, -0.1) is 11.3 Å². The van der Waals surface area contributed by atoms with E-state index in [-0.39, 0.29) is 57.6 Å². The second-order valence-corrected chi connectivity index (χ2v) is 15.4. The summed E-state index contributed by atoms with van der Waals surface area (Å²) in [5.74, 6) is 0. The number of fused-ring (bicyclic) bond motifs is 9. The molecule has 0 unspecified atom stereocenters. The highest BCUT2D eigenvalue weighted by Gasteiger charge is 2.19. The Bertz CT molecular complexity index is 3930. The van der Waals surface area contributed by atoms with E-state index in [2.05, 4.69) is 71.3 Å². The molecule has 0 saturated carbocycles. The number of thiophene rings is 1. The number of benzene rings is 9. The highest BCUT2D eigenvalue weighted by molar-refractivity contribution is 7.25. The first kappa shape index (κ1) is 25.8. The van der Waals surface area contributed by atoms with Gasteiger partial charge in [-0.2, -0.15) is 0 Å². The van der Waals surface area contributed by atoms with E-state index in [1.165, 1.54) is 0 Å². The first-order valence-corrected chi connectivity index (χ1v) is 19.8. The summed E-state index contributed by atoms with van der Waals surface area (Å²) in [5, 5.41) is 4.10. The first-order chi connectivity index (χ1) is 31.2. The van der Waals surface area contributed by atoms with Gasteiger partial charge in [0.15, 0.2) is 0 Å². The van der Waals surface area contributed by atoms with Crippen LogP contribution in [0.15, 0.2) is 206 Å². The Hall–Kier alpha value is -7.20. The average molecular weight is 750 g/mol. The van der Waals surface area contributed by atoms with Crippen LogP contribution in [0.2, 0.25) is 0 Å². The molecule has 0 saturated heterocycles. The first-order valence-electron chi connectivity index (χ1n) is 22.4. The normalized spacial score (nSPS) is 13.6. The fourth-order valence-electron chi connectivity index (χ4n) is 8.56. The third-order valence-corrected chi connectivity index (χ3v) is 12.3. The third-order valence-electron chi connectivity index (χ3n) is 11.2. The molecule has 0 N–H and O–H groups in total. The SMILES string of the molecule is [2H]c1c([2H])c([2H])c2c(c1[2H])c1c([2H])c(-c3ccc4c(c3)c3cc(-c5ccccc5)ccc3n4-c3cccc(-c4ccccc4)c3)c([2H])c([2H])c1n2-c1cccc2sc3ccccc3c12. The lowest BCUT2D eigenvalue weighted by atomic mass is 9.99. The molecule has 12 rings (SSSR count). The van der Waals surface area contributed by atoms with Crippen LogP contribution in [0.5, 0.6) is 0 Å². The molecule has 0 atom stereocenters. The maximum Gasteiger partial charge on any atom is 0.0645 e. The topological polar surface area (TPSA) is 9.86 Å². The Balaban J connectivity index is 1.16. The summed E-state index contributed by atoms with van der Waals surface area (Å²) in [4.78, 5) is 0. The van der Waals surface area contributed by atoms with Gasteiger partial charge in [0.25, 0.3) is 0 Å². The van der Waals surface area contributed by atoms with Gasteiger partial charge in [-0.1, -0.05) is 133 Å². The number of nitrogens with zero attached hydrogens (tertiary/aromatic N) is 2. The molecule has 266 valence electrons. The molecule has 0 spiro atoms. The third kappa shape index (κ3) is 5.03. The van der Waals surface area contributed by atoms with Crippen LogP contribution >= 0.6 is 11.3 Å². The summed E-state index contributed by atoms with van der Waals surface area (Å²) in [6, 6.07) is 53.5. The lowest BCUT2D eigenvalue weighted by molar-refractivity contribution is 1.18. The van der Waals surface area contributed by atoms with Crippen LogP contribution in [0.4, 0.5) is 0 Å². The van der Waals surface area contributed by atoms with Crippen molar-refractivity contribution in [2.75, 3.05) is 0 Å². The maximum atomic E-state index is 10.0. The molecule has 0 aliphatic rings. The molecule has 2 nitrogen and oxygen atoms in total. The molecule has 12 aromatic rings. The largest absolute Gasteiger partial charge is 0.309 e. The molecule has 0 bridgehead atoms. The van der Waals surface area contributed by atoms with E-state index in [0.29, 0.717) is 11.3 Å². The zero-order valence-electron chi connectivity index (χ0n) is 37.4. The van der Waals surface area contributed by atoms with E-state index in [1.54, 1.807) is 15.9 Å². The van der Waals surface area contributed by atoms with Crippen molar-refractivity contribution in [2.45, 2.75) is 0 Å². The average Bonchev–Trinajstić information content (AvgIpc) is 4.01. The lowest BCUT2D eigenvalue weighted by Crippen LogP contribution is -1.95. The van der Waals surface area contributed by atoms with Gasteiger partial charge < -0.3 is 9.13 Å². The maximum absolute atomic E-state index is 10.0. The van der Waals surface area contributed by atoms with Crippen molar-refractivity contribution >= 4 is 75.1 Å². The molecule has 0 radical (unpaired) electrons. The van der Waals surface area contributed by atoms with Crippen molar-refractivity contribution in [3.63, 3.8) is 0 Å². The van der Waals surface area contributed by atoms with E-state index >= 15 is 0 Å². The number of hydrogen-bond acceptors (Lipinski definition) is 1. The van der Waals surface area contributed by atoms with Crippen LogP contribution in [0.1, 0.15) is 9.60 Å². The molecule has 0 aliphatic carbocycles. The second kappa shape index (κ2) is 12.7. The molecule has 0 fully saturated rings. The van der Waals surface area contributed by atoms with Gasteiger partial charge in [0.1, 0.15) is 0 Å². The molecular formula is C54H34N2S. The quantitative estimate of drug-likeness (QED) is 0.166. The van der Waals surface area contributed by atoms with E-state index in [1.807, 2.05) is 97.1 Å². The molecule has 3 aromatic heterocycles. The lowest BCUT2D eigenvalue weighted by Gasteiger charge is -2.11. The van der Waals surface area contributed by atoms with Crippen LogP contribution in [-0.4, -0.2) is 9.13 Å². The van der Waals surface area contributed by atoms with Crippen molar-refractivity contribution < 1.29 is 9.60 Å². The summed E-state index contributed by atoms with van der Waals surface area (Å²) < 4.78 is 71.7. The van der Waals surface area contributed by atoms with Crippen LogP contribution in [0.3, 0.4) is 0 Å². The van der Waals surface area contributed by atoms with Gasteiger partial charge in [0.2, 0.25) is 0 Å². The van der Waals surface area contributed by atoms with Crippen molar-refractivity contribution in [2.24, 2.45) is 0 Å². The molecule has 9 aromatic carbocycles. The summed E-state index contributed by atoms with van der Waals surface area (Å²) in [6.45, 7) is 0. The van der Waals surface area contributed by atoms with Crippen LogP contribution in [0, 0.1) is 0 Å². The Labute approximate surface area is 343 Å². The van der Waals surface area contributed by atoms with Crippen LogP contribution < -0.4 is 0 Å². The van der Waals surface area contributed by atoms with E-state index < -0.39 is 12.1 Å². The number of hydrogen-bond donors (Lipinski definition) is 0. The van der Waals surface area contributed by atoms with Gasteiger partial charge >= 0.3 is 0 Å². The smallest absolute Gasteiger partial charge is 0.0645 e. The molecule has 57 heavy (non-hydrogen) atoms. The Kier molecular flexibility index (Phi) is 5.74. The summed E-state index contributed by atoms with van der Waals surface area (Å²) in [5.41, 5.74) is 8.99. The Morgan fingerprint density at radius 3 is 1.75 bits per heavy atom. The fourth-order valence-corrected chi connectivity index (χ4v) is 9.69. The number of aromatic nitrogens is 2. The van der Waals surface area contributed by atoms with E-state index in [0.717, 1.165) is 69.9 Å². The minimum Gasteiger partial charge on any atom is -0.309 e. The zero-order chi connectivity index (χ0) is 43.5. The molecule has 3 heteroatoms. The summed E-state index contributed by atoms with van der Waals surface area (Å²) >= 11 is 1.62. The molecule has 3 heterocycles. The van der Waals surface area contributed by atoms with Crippen molar-refractivity contribution in [3.8, 4) is 44.8 Å². The predicted octanol–water partition coefficient (Wildman–Crippen LogP) is 15.2. The number of rotatable bonds is 5. The van der Waals surface area contributed by atoms with E-state index in [4.69, 9.17) is 2.74 Å². The highest BCUT2D eigenvalue weighted by Crippen LogP contribution is 2.43. The van der Waals surface area contributed by atoms with Crippen LogP contribution in [0.25, 0.3) is 109 Å². The minimum absolute atomic E-state index is 0.0734. The van der Waals surface area contributed by atoms with E-state index in [9.17, 15) is 6.85 Å². The highest BCUT2D eigenvalue weighted by atomic mass is 32.1. The molecule has 0 amide bonds. The summed E-state index contributed by atoms with van der Waals surface area (Å²) in [7, 11) is 0. The zero-order valence-corrected chi connectivity index (χ0v) is 31.2. The monoisotopic (exact) mass is 749 g/mol. The second-order valence-electron chi connectivity index (χ2n) is 14.4. The van der Waals surface area contributed by atoms with Crippen molar-refractivity contribution in [1.29, 1.82) is 0 Å². The fraction of sp³-hybridized carbons (Fsp3) is 0. The van der Waals surface area contributed by atoms with Gasteiger partial charge in [0, 0.05) is 47.4 Å². The van der Waals surface area contributed by atoms with Gasteiger partial charge in [-0.25, -0.2) is 0 Å². The Morgan fingerprint density at radius 1 is 0.368 bits per heavy atom. The Morgan fingerprint density at radius 2 is 0.982 bits per heavy atom. The predicted molar refractivity (Wildman–Crippen MR) is 244 cm³/mol. The molecular weight excluding hydrogens is 709 g/mol. The van der Waals surface area contributed by atoms with Crippen LogP contribution in [-0.2, 0) is 0 Å². The minimum atomic E-state index is -0.419. The van der Waals surface area contributed by atoms with Gasteiger partial charge in [-0.05, 0) is 106 Å². The molecule has 0 aliphatic heterocycles. The number of para-hydroxylation sites is 1. The van der Waals surface area contributed by atoms with Gasteiger partial charge in [-0.3, -0.25) is 0 Å². The summed E-state index contributed by atoms with van der Waals surface area (Å²) in [6.07, 6.45) is 0.